The molecule has 0 atom stereocenters. The first-order valence-corrected chi connectivity index (χ1v) is 10.1. The number of nitrogens with zero attached hydrogens (tertiary/aromatic N) is 1. The van der Waals surface area contributed by atoms with E-state index in [1.54, 1.807) is 11.3 Å². The van der Waals surface area contributed by atoms with Gasteiger partial charge in [-0.25, -0.2) is 4.98 Å². The Balaban J connectivity index is 1.69. The highest BCUT2D eigenvalue weighted by Gasteiger charge is 2.25. The number of carbonyl (C=O) groups is 1. The zero-order chi connectivity index (χ0) is 18.4. The Bertz CT molecular complexity index is 1180. The average molecular weight is 394 g/mol. The minimum Gasteiger partial charge on any atom is -0.349 e. The third-order valence-electron chi connectivity index (χ3n) is 4.75. The van der Waals surface area contributed by atoms with Gasteiger partial charge in [-0.05, 0) is 36.4 Å². The van der Waals surface area contributed by atoms with Gasteiger partial charge in [0.1, 0.15) is 5.82 Å². The van der Waals surface area contributed by atoms with Gasteiger partial charge in [0.25, 0.3) is 5.91 Å². The molecule has 0 radical (unpaired) electrons. The molecule has 1 fully saturated rings. The maximum Gasteiger partial charge on any atom is 0.253 e. The van der Waals surface area contributed by atoms with Gasteiger partial charge in [0.15, 0.2) is 0 Å². The topological polar surface area (TPSA) is 54.0 Å². The molecule has 5 rings (SSSR count). The molecule has 1 aliphatic carbocycles. The standard InChI is InChI=1S/C21H16ClN3OS/c22-17-6-1-2-7-18(17)24-20-16-11-27-10-15(16)13-4-3-5-14(19(13)25-20)21(26)23-12-8-9-12/h1-7,10-12H,8-9H2,(H,23,26)(H,24,25). The Hall–Kier alpha value is -2.63. The van der Waals surface area contributed by atoms with Crippen molar-refractivity contribution in [3.8, 4) is 0 Å². The highest BCUT2D eigenvalue weighted by atomic mass is 35.5. The molecular weight excluding hydrogens is 378 g/mol. The summed E-state index contributed by atoms with van der Waals surface area (Å²) in [5.41, 5.74) is 2.10. The van der Waals surface area contributed by atoms with Gasteiger partial charge >= 0.3 is 0 Å². The van der Waals surface area contributed by atoms with Crippen LogP contribution in [0.25, 0.3) is 21.7 Å². The lowest BCUT2D eigenvalue weighted by Crippen LogP contribution is -2.25. The molecule has 1 saturated carbocycles. The van der Waals surface area contributed by atoms with Crippen LogP contribution in [-0.4, -0.2) is 16.9 Å². The number of amides is 1. The van der Waals surface area contributed by atoms with Crippen molar-refractivity contribution >= 4 is 62.0 Å². The highest BCUT2D eigenvalue weighted by Crippen LogP contribution is 2.36. The molecule has 1 aliphatic rings. The number of rotatable bonds is 4. The second-order valence-corrected chi connectivity index (χ2v) is 7.86. The second-order valence-electron chi connectivity index (χ2n) is 6.71. The molecular formula is C21H16ClN3OS. The van der Waals surface area contributed by atoms with E-state index < -0.39 is 0 Å². The van der Waals surface area contributed by atoms with Crippen LogP contribution in [0.3, 0.4) is 0 Å². The fourth-order valence-corrected chi connectivity index (χ4v) is 4.22. The number of nitrogens with one attached hydrogen (secondary N) is 2. The summed E-state index contributed by atoms with van der Waals surface area (Å²) in [7, 11) is 0. The van der Waals surface area contributed by atoms with Crippen molar-refractivity contribution in [2.75, 3.05) is 5.32 Å². The van der Waals surface area contributed by atoms with Crippen LogP contribution in [-0.2, 0) is 0 Å². The van der Waals surface area contributed by atoms with E-state index >= 15 is 0 Å². The lowest BCUT2D eigenvalue weighted by molar-refractivity contribution is 0.0952. The van der Waals surface area contributed by atoms with Crippen molar-refractivity contribution < 1.29 is 4.79 Å². The summed E-state index contributed by atoms with van der Waals surface area (Å²) in [5, 5.41) is 14.3. The van der Waals surface area contributed by atoms with Gasteiger partial charge < -0.3 is 10.6 Å². The second kappa shape index (κ2) is 6.51. The molecule has 2 aromatic heterocycles. The molecule has 2 heterocycles. The van der Waals surface area contributed by atoms with E-state index in [0.29, 0.717) is 28.0 Å². The summed E-state index contributed by atoms with van der Waals surface area (Å²) >= 11 is 7.93. The van der Waals surface area contributed by atoms with E-state index in [9.17, 15) is 4.79 Å². The van der Waals surface area contributed by atoms with Crippen LogP contribution in [0.5, 0.6) is 0 Å². The predicted octanol–water partition coefficient (Wildman–Crippen LogP) is 5.74. The van der Waals surface area contributed by atoms with Crippen molar-refractivity contribution in [3.05, 3.63) is 63.8 Å². The fourth-order valence-electron chi connectivity index (χ4n) is 3.20. The Kier molecular flexibility index (Phi) is 3.99. The number of fused-ring (bicyclic) bond motifs is 3. The highest BCUT2D eigenvalue weighted by molar-refractivity contribution is 7.09. The Labute approximate surface area is 165 Å². The zero-order valence-electron chi connectivity index (χ0n) is 14.3. The van der Waals surface area contributed by atoms with Crippen molar-refractivity contribution in [1.82, 2.24) is 10.3 Å². The van der Waals surface area contributed by atoms with Crippen molar-refractivity contribution in [2.45, 2.75) is 18.9 Å². The smallest absolute Gasteiger partial charge is 0.253 e. The van der Waals surface area contributed by atoms with Crippen molar-refractivity contribution in [1.29, 1.82) is 0 Å². The zero-order valence-corrected chi connectivity index (χ0v) is 15.9. The average Bonchev–Trinajstić information content (AvgIpc) is 3.34. The molecule has 0 unspecified atom stereocenters. The number of halogens is 1. The number of pyridine rings is 1. The molecule has 4 nitrogen and oxygen atoms in total. The molecule has 0 spiro atoms. The minimum atomic E-state index is -0.0612. The van der Waals surface area contributed by atoms with Crippen LogP contribution in [0.15, 0.2) is 53.2 Å². The Morgan fingerprint density at radius 2 is 1.85 bits per heavy atom. The molecule has 134 valence electrons. The first kappa shape index (κ1) is 16.5. The van der Waals surface area contributed by atoms with E-state index in [0.717, 1.165) is 34.7 Å². The van der Waals surface area contributed by atoms with Gasteiger partial charge in [0.05, 0.1) is 21.8 Å². The van der Waals surface area contributed by atoms with E-state index in [1.807, 2.05) is 42.5 Å². The summed E-state index contributed by atoms with van der Waals surface area (Å²) in [6.07, 6.45) is 2.11. The van der Waals surface area contributed by atoms with Crippen LogP contribution in [0.4, 0.5) is 11.5 Å². The van der Waals surface area contributed by atoms with Crippen LogP contribution in [0.2, 0.25) is 5.02 Å². The number of thiophene rings is 1. The quantitative estimate of drug-likeness (QED) is 0.465. The number of anilines is 2. The molecule has 27 heavy (non-hydrogen) atoms. The molecule has 2 aromatic carbocycles. The van der Waals surface area contributed by atoms with Crippen molar-refractivity contribution in [3.63, 3.8) is 0 Å². The Morgan fingerprint density at radius 1 is 1.04 bits per heavy atom. The van der Waals surface area contributed by atoms with E-state index in [1.165, 1.54) is 0 Å². The third kappa shape index (κ3) is 3.03. The molecule has 2 N–H and O–H groups in total. The molecule has 1 amide bonds. The molecule has 4 aromatic rings. The van der Waals surface area contributed by atoms with Gasteiger partial charge in [-0.1, -0.05) is 35.9 Å². The largest absolute Gasteiger partial charge is 0.349 e. The summed E-state index contributed by atoms with van der Waals surface area (Å²) in [5.74, 6) is 0.646. The normalized spacial score (nSPS) is 13.8. The van der Waals surface area contributed by atoms with E-state index in [2.05, 4.69) is 21.4 Å². The van der Waals surface area contributed by atoms with Gasteiger partial charge in [-0.3, -0.25) is 4.79 Å². The molecule has 0 bridgehead atoms. The predicted molar refractivity (Wildman–Crippen MR) is 112 cm³/mol. The van der Waals surface area contributed by atoms with Crippen LogP contribution in [0, 0.1) is 0 Å². The first-order valence-electron chi connectivity index (χ1n) is 8.82. The number of hydrogen-bond donors (Lipinski definition) is 2. The number of para-hydroxylation sites is 2. The van der Waals surface area contributed by atoms with Gasteiger partial charge in [-0.2, -0.15) is 11.3 Å². The van der Waals surface area contributed by atoms with Gasteiger partial charge in [0, 0.05) is 27.6 Å². The first-order chi connectivity index (χ1) is 13.2. The third-order valence-corrected chi connectivity index (χ3v) is 5.82. The summed E-state index contributed by atoms with van der Waals surface area (Å²) in [4.78, 5) is 17.6. The lowest BCUT2D eigenvalue weighted by atomic mass is 10.1. The maximum absolute atomic E-state index is 12.7. The van der Waals surface area contributed by atoms with Crippen LogP contribution in [0.1, 0.15) is 23.2 Å². The SMILES string of the molecule is O=C(NC1CC1)c1cccc2c1nc(Nc1ccccc1Cl)c1cscc12. The maximum atomic E-state index is 12.7. The van der Waals surface area contributed by atoms with Crippen LogP contribution < -0.4 is 10.6 Å². The van der Waals surface area contributed by atoms with E-state index in [4.69, 9.17) is 16.6 Å². The number of hydrogen-bond acceptors (Lipinski definition) is 4. The fraction of sp³-hybridized carbons (Fsp3) is 0.143. The van der Waals surface area contributed by atoms with Crippen LogP contribution >= 0.6 is 22.9 Å². The Morgan fingerprint density at radius 3 is 2.67 bits per heavy atom. The summed E-state index contributed by atoms with van der Waals surface area (Å²) in [6, 6.07) is 13.6. The summed E-state index contributed by atoms with van der Waals surface area (Å²) in [6.45, 7) is 0. The lowest BCUT2D eigenvalue weighted by Gasteiger charge is -2.13. The van der Waals surface area contributed by atoms with Crippen molar-refractivity contribution in [2.24, 2.45) is 0 Å². The molecule has 6 heteroatoms. The molecule has 0 saturated heterocycles. The van der Waals surface area contributed by atoms with Gasteiger partial charge in [-0.15, -0.1) is 0 Å². The van der Waals surface area contributed by atoms with E-state index in [-0.39, 0.29) is 5.91 Å². The minimum absolute atomic E-state index is 0.0612. The summed E-state index contributed by atoms with van der Waals surface area (Å²) < 4.78 is 0. The molecule has 0 aliphatic heterocycles. The number of carbonyl (C=O) groups excluding carboxylic acids is 1. The number of benzene rings is 2. The number of aromatic nitrogens is 1. The van der Waals surface area contributed by atoms with Gasteiger partial charge in [0.2, 0.25) is 0 Å². The monoisotopic (exact) mass is 393 g/mol.